The monoisotopic (exact) mass is 397 g/mol. The number of amidine groups is 1. The van der Waals surface area contributed by atoms with Gasteiger partial charge in [-0.2, -0.15) is 4.37 Å². The quantitative estimate of drug-likeness (QED) is 0.341. The van der Waals surface area contributed by atoms with E-state index in [9.17, 15) is 5.11 Å². The van der Waals surface area contributed by atoms with Crippen LogP contribution in [0.4, 0.5) is 10.7 Å². The van der Waals surface area contributed by atoms with Gasteiger partial charge in [-0.25, -0.2) is 0 Å². The fraction of sp³-hybridized carbons (Fsp3) is 0.200. The van der Waals surface area contributed by atoms with Gasteiger partial charge in [0, 0.05) is 18.8 Å². The summed E-state index contributed by atoms with van der Waals surface area (Å²) in [7, 11) is 3.93. The Labute approximate surface area is 168 Å². The van der Waals surface area contributed by atoms with Gasteiger partial charge in [-0.3, -0.25) is 5.41 Å². The predicted octanol–water partition coefficient (Wildman–Crippen LogP) is 3.86. The second kappa shape index (κ2) is 9.20. The number of nitrogens with one attached hydrogen (secondary N) is 3. The number of benzene rings is 2. The van der Waals surface area contributed by atoms with E-state index in [1.165, 1.54) is 0 Å². The molecule has 0 aliphatic rings. The number of hydrogen-bond donors (Lipinski definition) is 4. The number of nitrogens with zero attached hydrogens (tertiary/aromatic N) is 2. The Morgan fingerprint density at radius 1 is 1.11 bits per heavy atom. The maximum absolute atomic E-state index is 10.0. The molecule has 3 rings (SSSR count). The van der Waals surface area contributed by atoms with Gasteiger partial charge < -0.3 is 25.4 Å². The van der Waals surface area contributed by atoms with Crippen LogP contribution in [0.25, 0.3) is 0 Å². The Balaban J connectivity index is 1.66. The molecule has 0 spiro atoms. The van der Waals surface area contributed by atoms with Crippen LogP contribution in [0, 0.1) is 5.41 Å². The molecule has 0 aliphatic carbocycles. The molecular weight excluding hydrogens is 374 g/mol. The predicted molar refractivity (Wildman–Crippen MR) is 113 cm³/mol. The van der Waals surface area contributed by atoms with Gasteiger partial charge in [-0.15, -0.1) is 0 Å². The van der Waals surface area contributed by atoms with E-state index in [1.54, 1.807) is 0 Å². The summed E-state index contributed by atoms with van der Waals surface area (Å²) >= 11 is 1.11. The average molecular weight is 398 g/mol. The number of likely N-dealkylation sites (N-methyl/N-ethyl adjacent to an activating group) is 1. The van der Waals surface area contributed by atoms with E-state index in [2.05, 4.69) is 15.0 Å². The minimum atomic E-state index is -0.154. The van der Waals surface area contributed by atoms with Crippen LogP contribution in [-0.4, -0.2) is 47.4 Å². The SMILES string of the molecule is CN(C)CCNC(=N)c1c(O)nsc1Nc1ccc(Oc2ccccc2)cc1. The highest BCUT2D eigenvalue weighted by Gasteiger charge is 2.18. The standard InChI is InChI=1S/C20H23N5O2S/c1-25(2)13-12-22-18(21)17-19(26)24-28-20(17)23-14-8-10-16(11-9-14)27-15-6-4-3-5-7-15/h3-11,23H,12-13H2,1-2H3,(H2,21,22)(H,24,26). The fourth-order valence-electron chi connectivity index (χ4n) is 2.45. The zero-order chi connectivity index (χ0) is 19.9. The van der Waals surface area contributed by atoms with Crippen molar-refractivity contribution in [3.05, 3.63) is 60.2 Å². The number of para-hydroxylation sites is 1. The number of anilines is 2. The van der Waals surface area contributed by atoms with Crippen molar-refractivity contribution in [2.45, 2.75) is 0 Å². The molecule has 3 aromatic rings. The molecule has 0 amide bonds. The van der Waals surface area contributed by atoms with Crippen LogP contribution in [0.15, 0.2) is 54.6 Å². The molecular formula is C20H23N5O2S. The molecule has 0 aliphatic heterocycles. The lowest BCUT2D eigenvalue weighted by Gasteiger charge is -2.13. The van der Waals surface area contributed by atoms with Crippen molar-refractivity contribution in [1.82, 2.24) is 14.6 Å². The summed E-state index contributed by atoms with van der Waals surface area (Å²) in [6, 6.07) is 17.0. The highest BCUT2D eigenvalue weighted by Crippen LogP contribution is 2.32. The number of ether oxygens (including phenoxy) is 1. The van der Waals surface area contributed by atoms with Crippen molar-refractivity contribution in [3.8, 4) is 17.4 Å². The summed E-state index contributed by atoms with van der Waals surface area (Å²) in [5.41, 5.74) is 1.18. The lowest BCUT2D eigenvalue weighted by atomic mass is 10.2. The first-order valence-corrected chi connectivity index (χ1v) is 9.56. The van der Waals surface area contributed by atoms with Crippen molar-refractivity contribution in [2.24, 2.45) is 0 Å². The number of aromatic hydroxyl groups is 1. The summed E-state index contributed by atoms with van der Waals surface area (Å²) in [6.45, 7) is 1.39. The van der Waals surface area contributed by atoms with Crippen molar-refractivity contribution in [2.75, 3.05) is 32.5 Å². The summed E-state index contributed by atoms with van der Waals surface area (Å²) in [6.07, 6.45) is 0. The van der Waals surface area contributed by atoms with Gasteiger partial charge in [0.05, 0.1) is 0 Å². The maximum atomic E-state index is 10.0. The molecule has 0 unspecified atom stereocenters. The van der Waals surface area contributed by atoms with Crippen LogP contribution < -0.4 is 15.4 Å². The highest BCUT2D eigenvalue weighted by atomic mass is 32.1. The summed E-state index contributed by atoms with van der Waals surface area (Å²) < 4.78 is 9.76. The first kappa shape index (κ1) is 19.7. The Morgan fingerprint density at radius 2 is 1.79 bits per heavy atom. The van der Waals surface area contributed by atoms with E-state index in [0.29, 0.717) is 17.1 Å². The third-order valence-corrected chi connectivity index (χ3v) is 4.63. The summed E-state index contributed by atoms with van der Waals surface area (Å²) in [5, 5.41) is 25.1. The maximum Gasteiger partial charge on any atom is 0.236 e. The molecule has 0 saturated carbocycles. The molecule has 0 fully saturated rings. The van der Waals surface area contributed by atoms with Gasteiger partial charge in [0.1, 0.15) is 27.9 Å². The molecule has 0 radical (unpaired) electrons. The van der Waals surface area contributed by atoms with Gasteiger partial charge >= 0.3 is 0 Å². The Bertz CT molecular complexity index is 910. The first-order chi connectivity index (χ1) is 13.5. The third-order valence-electron chi connectivity index (χ3n) is 3.88. The molecule has 8 heteroatoms. The van der Waals surface area contributed by atoms with Crippen LogP contribution in [-0.2, 0) is 0 Å². The molecule has 4 N–H and O–H groups in total. The Kier molecular flexibility index (Phi) is 6.46. The van der Waals surface area contributed by atoms with E-state index in [-0.39, 0.29) is 11.7 Å². The molecule has 2 aromatic carbocycles. The van der Waals surface area contributed by atoms with Crippen LogP contribution in [0.1, 0.15) is 5.56 Å². The second-order valence-electron chi connectivity index (χ2n) is 6.38. The van der Waals surface area contributed by atoms with Gasteiger partial charge in [-0.05, 0) is 62.0 Å². The minimum absolute atomic E-state index is 0.139. The van der Waals surface area contributed by atoms with Gasteiger partial charge in [0.25, 0.3) is 0 Å². The molecule has 1 aromatic heterocycles. The normalized spacial score (nSPS) is 10.7. The average Bonchev–Trinajstić information content (AvgIpc) is 3.04. The van der Waals surface area contributed by atoms with Crippen LogP contribution in [0.3, 0.4) is 0 Å². The smallest absolute Gasteiger partial charge is 0.236 e. The molecule has 146 valence electrons. The molecule has 0 bridgehead atoms. The Morgan fingerprint density at radius 3 is 2.46 bits per heavy atom. The van der Waals surface area contributed by atoms with E-state index in [0.717, 1.165) is 35.3 Å². The summed E-state index contributed by atoms with van der Waals surface area (Å²) in [5.74, 6) is 1.48. The van der Waals surface area contributed by atoms with E-state index < -0.39 is 0 Å². The number of hydrogen-bond acceptors (Lipinski definition) is 7. The van der Waals surface area contributed by atoms with E-state index in [4.69, 9.17) is 10.1 Å². The molecule has 0 atom stereocenters. The number of aromatic nitrogens is 1. The summed E-state index contributed by atoms with van der Waals surface area (Å²) in [4.78, 5) is 2.02. The Hall–Kier alpha value is -3.10. The van der Waals surface area contributed by atoms with E-state index >= 15 is 0 Å². The van der Waals surface area contributed by atoms with E-state index in [1.807, 2.05) is 73.6 Å². The van der Waals surface area contributed by atoms with Crippen molar-refractivity contribution >= 4 is 28.1 Å². The van der Waals surface area contributed by atoms with Crippen molar-refractivity contribution in [1.29, 1.82) is 5.41 Å². The van der Waals surface area contributed by atoms with Gasteiger partial charge in [0.15, 0.2) is 0 Å². The number of rotatable bonds is 8. The molecule has 0 saturated heterocycles. The van der Waals surface area contributed by atoms with Crippen LogP contribution >= 0.6 is 11.5 Å². The lowest BCUT2D eigenvalue weighted by Crippen LogP contribution is -2.31. The topological polar surface area (TPSA) is 93.5 Å². The van der Waals surface area contributed by atoms with Gasteiger partial charge in [0.2, 0.25) is 5.88 Å². The zero-order valence-corrected chi connectivity index (χ0v) is 16.6. The third kappa shape index (κ3) is 5.21. The molecule has 1 heterocycles. The van der Waals surface area contributed by atoms with Crippen molar-refractivity contribution in [3.63, 3.8) is 0 Å². The fourth-order valence-corrected chi connectivity index (χ4v) is 3.16. The zero-order valence-electron chi connectivity index (χ0n) is 15.8. The minimum Gasteiger partial charge on any atom is -0.492 e. The first-order valence-electron chi connectivity index (χ1n) is 8.79. The van der Waals surface area contributed by atoms with Crippen LogP contribution in [0.2, 0.25) is 0 Å². The largest absolute Gasteiger partial charge is 0.492 e. The van der Waals surface area contributed by atoms with Crippen LogP contribution in [0.5, 0.6) is 17.4 Å². The van der Waals surface area contributed by atoms with Gasteiger partial charge in [-0.1, -0.05) is 18.2 Å². The molecule has 28 heavy (non-hydrogen) atoms. The lowest BCUT2D eigenvalue weighted by molar-refractivity contribution is 0.412. The highest BCUT2D eigenvalue weighted by molar-refractivity contribution is 7.11. The second-order valence-corrected chi connectivity index (χ2v) is 7.15. The van der Waals surface area contributed by atoms with Crippen molar-refractivity contribution < 1.29 is 9.84 Å². The molecule has 7 nitrogen and oxygen atoms in total.